The van der Waals surface area contributed by atoms with Crippen LogP contribution in [0, 0.1) is 11.6 Å². The molecule has 44 heavy (non-hydrogen) atoms. The minimum atomic E-state index is -2.85. The van der Waals surface area contributed by atoms with Crippen LogP contribution in [0.1, 0.15) is 52.4 Å². The van der Waals surface area contributed by atoms with E-state index in [9.17, 15) is 37.1 Å². The van der Waals surface area contributed by atoms with Crippen LogP contribution in [-0.2, 0) is 24.2 Å². The third kappa shape index (κ3) is 7.21. The number of rotatable bonds is 8. The molecule has 1 atom stereocenters. The number of pyridine rings is 1. The number of carbonyl (C=O) groups excluding carboxylic acids is 2. The van der Waals surface area contributed by atoms with Crippen molar-refractivity contribution in [3.63, 3.8) is 0 Å². The molecular formula is C31H33F4N3O6. The van der Waals surface area contributed by atoms with Crippen LogP contribution < -0.4 is 25.2 Å². The predicted octanol–water partition coefficient (Wildman–Crippen LogP) is 4.17. The Morgan fingerprint density at radius 1 is 1.05 bits per heavy atom. The van der Waals surface area contributed by atoms with Crippen LogP contribution in [0.3, 0.4) is 0 Å². The highest BCUT2D eigenvalue weighted by molar-refractivity contribution is 5.96. The Morgan fingerprint density at radius 3 is 2.30 bits per heavy atom. The molecule has 2 amide bonds. The van der Waals surface area contributed by atoms with Gasteiger partial charge in [-0.2, -0.15) is 8.78 Å². The van der Waals surface area contributed by atoms with Gasteiger partial charge in [0.15, 0.2) is 0 Å². The SMILES string of the molecule is CNC(=O)c1ccc(OC(F)F)cc1.COc1cc(F)c(C2CC(=O)N(c3cc4c(n(CCO)c3=O)CCCC4)C2)c(F)c1. The van der Waals surface area contributed by atoms with Gasteiger partial charge in [-0.15, -0.1) is 0 Å². The van der Waals surface area contributed by atoms with Crippen LogP contribution in [0.5, 0.6) is 11.5 Å². The van der Waals surface area contributed by atoms with Crippen molar-refractivity contribution in [3.05, 3.63) is 86.8 Å². The summed E-state index contributed by atoms with van der Waals surface area (Å²) in [7, 11) is 2.81. The molecule has 2 N–H and O–H groups in total. The van der Waals surface area contributed by atoms with Gasteiger partial charge in [0.1, 0.15) is 28.8 Å². The largest absolute Gasteiger partial charge is 0.497 e. The second kappa shape index (κ2) is 14.4. The van der Waals surface area contributed by atoms with Gasteiger partial charge in [-0.1, -0.05) is 0 Å². The van der Waals surface area contributed by atoms with Crippen LogP contribution in [0.25, 0.3) is 0 Å². The maximum Gasteiger partial charge on any atom is 0.387 e. The monoisotopic (exact) mass is 619 g/mol. The van der Waals surface area contributed by atoms with Gasteiger partial charge in [0.25, 0.3) is 11.5 Å². The molecule has 1 fully saturated rings. The van der Waals surface area contributed by atoms with Gasteiger partial charge in [-0.3, -0.25) is 14.4 Å². The van der Waals surface area contributed by atoms with Crippen LogP contribution in [0.4, 0.5) is 23.2 Å². The molecule has 2 aromatic carbocycles. The van der Waals surface area contributed by atoms with E-state index < -0.39 is 24.2 Å². The standard InChI is InChI=1S/C22H24F2N2O4.C9H9F2NO2/c1-30-15-10-16(23)21(17(24)11-15)14-9-20(28)26(12-14)19-8-13-4-2-3-5-18(13)25(6-7-27)22(19)29;1-12-8(13)6-2-4-7(5-3-6)14-9(10)11/h8,10-11,14,27H,2-7,9,12H2,1H3;2-5,9H,1H3,(H,12,13). The molecule has 0 saturated carbocycles. The molecule has 0 bridgehead atoms. The number of aromatic nitrogens is 1. The minimum absolute atomic E-state index is 0.0200. The van der Waals surface area contributed by atoms with E-state index >= 15 is 0 Å². The zero-order valence-electron chi connectivity index (χ0n) is 24.2. The van der Waals surface area contributed by atoms with Crippen LogP contribution >= 0.6 is 0 Å². The van der Waals surface area contributed by atoms with Gasteiger partial charge in [-0.05, 0) is 61.6 Å². The maximum absolute atomic E-state index is 14.5. The molecule has 5 rings (SSSR count). The Labute approximate surface area is 251 Å². The number of hydrogen-bond donors (Lipinski definition) is 2. The number of methoxy groups -OCH3 is 1. The van der Waals surface area contributed by atoms with E-state index in [2.05, 4.69) is 10.1 Å². The second-order valence-corrected chi connectivity index (χ2v) is 10.3. The number of aryl methyl sites for hydroxylation is 1. The Balaban J connectivity index is 0.000000265. The number of hydrogen-bond acceptors (Lipinski definition) is 6. The van der Waals surface area contributed by atoms with E-state index in [1.165, 1.54) is 43.3 Å². The normalized spacial score (nSPS) is 15.9. The molecule has 1 aromatic heterocycles. The summed E-state index contributed by atoms with van der Waals surface area (Å²) >= 11 is 0. The maximum atomic E-state index is 14.5. The number of benzene rings is 2. The molecule has 1 aliphatic heterocycles. The number of aliphatic hydroxyl groups is 1. The molecule has 13 heteroatoms. The fourth-order valence-electron chi connectivity index (χ4n) is 5.53. The summed E-state index contributed by atoms with van der Waals surface area (Å²) in [5.41, 5.74) is 1.98. The summed E-state index contributed by atoms with van der Waals surface area (Å²) in [5, 5.41) is 11.8. The topological polar surface area (TPSA) is 110 Å². The second-order valence-electron chi connectivity index (χ2n) is 10.3. The molecular weight excluding hydrogens is 586 g/mol. The number of ether oxygens (including phenoxy) is 2. The number of carbonyl (C=O) groups is 2. The first-order chi connectivity index (χ1) is 21.1. The van der Waals surface area contributed by atoms with Crippen LogP contribution in [-0.4, -0.2) is 55.4 Å². The number of fused-ring (bicyclic) bond motifs is 1. The molecule has 3 aromatic rings. The zero-order chi connectivity index (χ0) is 32.0. The van der Waals surface area contributed by atoms with Gasteiger partial charge >= 0.3 is 6.61 Å². The van der Waals surface area contributed by atoms with Gasteiger partial charge in [-0.25, -0.2) is 8.78 Å². The Kier molecular flexibility index (Phi) is 10.6. The number of alkyl halides is 2. The first-order valence-electron chi connectivity index (χ1n) is 14.0. The van der Waals surface area contributed by atoms with E-state index in [0.29, 0.717) is 5.56 Å². The summed E-state index contributed by atoms with van der Waals surface area (Å²) in [5.74, 6) is -2.76. The van der Waals surface area contributed by atoms with Crippen molar-refractivity contribution in [3.8, 4) is 11.5 Å². The van der Waals surface area contributed by atoms with Crippen molar-refractivity contribution in [2.45, 2.75) is 51.2 Å². The number of anilines is 1. The molecule has 0 radical (unpaired) electrons. The summed E-state index contributed by atoms with van der Waals surface area (Å²) in [6.45, 7) is -2.86. The van der Waals surface area contributed by atoms with Crippen molar-refractivity contribution in [1.29, 1.82) is 0 Å². The summed E-state index contributed by atoms with van der Waals surface area (Å²) in [4.78, 5) is 38.2. The average molecular weight is 620 g/mol. The van der Waals surface area contributed by atoms with Crippen molar-refractivity contribution < 1.29 is 41.7 Å². The fourth-order valence-corrected chi connectivity index (χ4v) is 5.53. The third-order valence-corrected chi connectivity index (χ3v) is 7.59. The molecule has 236 valence electrons. The fraction of sp³-hybridized carbons (Fsp3) is 0.387. The lowest BCUT2D eigenvalue weighted by atomic mass is 9.95. The predicted molar refractivity (Wildman–Crippen MR) is 154 cm³/mol. The number of nitrogens with zero attached hydrogens (tertiary/aromatic N) is 2. The first kappa shape index (κ1) is 32.5. The lowest BCUT2D eigenvalue weighted by Crippen LogP contribution is -2.36. The van der Waals surface area contributed by atoms with Crippen molar-refractivity contribution in [1.82, 2.24) is 9.88 Å². The Morgan fingerprint density at radius 2 is 1.70 bits per heavy atom. The van der Waals surface area contributed by atoms with E-state index in [-0.39, 0.29) is 66.2 Å². The number of amides is 2. The van der Waals surface area contributed by atoms with E-state index in [0.717, 1.165) is 49.1 Å². The molecule has 9 nitrogen and oxygen atoms in total. The summed E-state index contributed by atoms with van der Waals surface area (Å²) in [6.07, 6.45) is 3.42. The lowest BCUT2D eigenvalue weighted by Gasteiger charge is -2.25. The molecule has 2 aliphatic rings. The van der Waals surface area contributed by atoms with Crippen molar-refractivity contribution in [2.75, 3.05) is 32.2 Å². The van der Waals surface area contributed by atoms with Gasteiger partial charge in [0.2, 0.25) is 5.91 Å². The third-order valence-electron chi connectivity index (χ3n) is 7.59. The molecule has 0 spiro atoms. The minimum Gasteiger partial charge on any atom is -0.497 e. The Hall–Kier alpha value is -4.39. The highest BCUT2D eigenvalue weighted by Gasteiger charge is 2.37. The van der Waals surface area contributed by atoms with E-state index in [4.69, 9.17) is 4.74 Å². The Bertz CT molecular complexity index is 1540. The quantitative estimate of drug-likeness (QED) is 0.367. The van der Waals surface area contributed by atoms with E-state index in [1.807, 2.05) is 0 Å². The van der Waals surface area contributed by atoms with Crippen molar-refractivity contribution >= 4 is 17.5 Å². The van der Waals surface area contributed by atoms with E-state index in [1.54, 1.807) is 10.6 Å². The highest BCUT2D eigenvalue weighted by atomic mass is 19.3. The highest BCUT2D eigenvalue weighted by Crippen LogP contribution is 2.36. The van der Waals surface area contributed by atoms with Gasteiger partial charge in [0, 0.05) is 61.4 Å². The van der Waals surface area contributed by atoms with Crippen molar-refractivity contribution in [2.24, 2.45) is 0 Å². The van der Waals surface area contributed by atoms with Crippen LogP contribution in [0.15, 0.2) is 47.3 Å². The number of aliphatic hydroxyl groups excluding tert-OH is 1. The molecule has 1 saturated heterocycles. The summed E-state index contributed by atoms with van der Waals surface area (Å²) in [6, 6.07) is 9.39. The number of nitrogens with one attached hydrogen (secondary N) is 1. The molecule has 1 unspecified atom stereocenters. The lowest BCUT2D eigenvalue weighted by molar-refractivity contribution is -0.117. The molecule has 2 heterocycles. The molecule has 1 aliphatic carbocycles. The zero-order valence-corrected chi connectivity index (χ0v) is 24.2. The number of halogens is 4. The summed E-state index contributed by atoms with van der Waals surface area (Å²) < 4.78 is 63.1. The van der Waals surface area contributed by atoms with Gasteiger partial charge < -0.3 is 29.4 Å². The first-order valence-corrected chi connectivity index (χ1v) is 14.0. The smallest absolute Gasteiger partial charge is 0.387 e. The van der Waals surface area contributed by atoms with Gasteiger partial charge in [0.05, 0.1) is 13.7 Å². The van der Waals surface area contributed by atoms with Crippen LogP contribution in [0.2, 0.25) is 0 Å². The average Bonchev–Trinajstić information content (AvgIpc) is 3.38.